The molecule has 0 heterocycles. The van der Waals surface area contributed by atoms with E-state index in [1.54, 1.807) is 0 Å². The molecule has 0 aromatic heterocycles. The minimum atomic E-state index is -0.966. The van der Waals surface area contributed by atoms with Crippen molar-refractivity contribution in [2.75, 3.05) is 13.2 Å². The summed E-state index contributed by atoms with van der Waals surface area (Å²) in [5.41, 5.74) is 0. The van der Waals surface area contributed by atoms with Crippen LogP contribution in [0.3, 0.4) is 0 Å². The highest BCUT2D eigenvalue weighted by Crippen LogP contribution is 2.20. The van der Waals surface area contributed by atoms with Gasteiger partial charge in [-0.1, -0.05) is 117 Å². The summed E-state index contributed by atoms with van der Waals surface area (Å²) in [7, 11) is 0. The molecule has 0 fully saturated rings. The normalized spacial score (nSPS) is 13.4. The summed E-state index contributed by atoms with van der Waals surface area (Å²) in [4.78, 5) is 12.2. The molecule has 4 heteroatoms. The Bertz CT molecular complexity index is 346. The van der Waals surface area contributed by atoms with Crippen molar-refractivity contribution in [3.8, 4) is 0 Å². The molecule has 4 nitrogen and oxygen atoms in total. The zero-order valence-electron chi connectivity index (χ0n) is 19.5. The molecule has 29 heavy (non-hydrogen) atoms. The largest absolute Gasteiger partial charge is 0.463 e. The number of hydrogen-bond acceptors (Lipinski definition) is 4. The summed E-state index contributed by atoms with van der Waals surface area (Å²) < 4.78 is 5.17. The van der Waals surface area contributed by atoms with Gasteiger partial charge in [0.25, 0.3) is 0 Å². The van der Waals surface area contributed by atoms with E-state index in [4.69, 9.17) is 9.84 Å². The second-order valence-corrected chi connectivity index (χ2v) is 8.69. The lowest BCUT2D eigenvalue weighted by atomic mass is 9.95. The van der Waals surface area contributed by atoms with E-state index in [1.807, 2.05) is 0 Å². The predicted molar refractivity (Wildman–Crippen MR) is 122 cm³/mol. The van der Waals surface area contributed by atoms with Gasteiger partial charge in [-0.15, -0.1) is 0 Å². The van der Waals surface area contributed by atoms with Gasteiger partial charge in [-0.25, -0.2) is 0 Å². The van der Waals surface area contributed by atoms with E-state index < -0.39 is 6.10 Å². The number of aliphatic hydroxyl groups is 2. The SMILES string of the molecule is CCCCCCCCCCCCCCCCC(CCCC)C(=O)OCC(O)CO. The maximum Gasteiger partial charge on any atom is 0.309 e. The van der Waals surface area contributed by atoms with Gasteiger partial charge in [0.1, 0.15) is 12.7 Å². The Kier molecular flexibility index (Phi) is 21.6. The van der Waals surface area contributed by atoms with E-state index >= 15 is 0 Å². The van der Waals surface area contributed by atoms with E-state index in [-0.39, 0.29) is 25.1 Å². The van der Waals surface area contributed by atoms with Crippen LogP contribution in [0.25, 0.3) is 0 Å². The molecule has 0 rings (SSSR count). The predicted octanol–water partition coefficient (Wildman–Crippen LogP) is 6.56. The summed E-state index contributed by atoms with van der Waals surface area (Å²) >= 11 is 0. The first kappa shape index (κ1) is 28.4. The van der Waals surface area contributed by atoms with E-state index in [0.717, 1.165) is 32.1 Å². The molecule has 0 radical (unpaired) electrons. The monoisotopic (exact) mass is 414 g/mol. The Labute approximate surface area is 180 Å². The fourth-order valence-electron chi connectivity index (χ4n) is 3.76. The first-order chi connectivity index (χ1) is 14.2. The van der Waals surface area contributed by atoms with Crippen molar-refractivity contribution >= 4 is 5.97 Å². The van der Waals surface area contributed by atoms with E-state index in [9.17, 15) is 9.90 Å². The van der Waals surface area contributed by atoms with E-state index in [0.29, 0.717) is 0 Å². The van der Waals surface area contributed by atoms with Crippen molar-refractivity contribution in [3.05, 3.63) is 0 Å². The summed E-state index contributed by atoms with van der Waals surface area (Å²) in [6, 6.07) is 0. The smallest absolute Gasteiger partial charge is 0.309 e. The van der Waals surface area contributed by atoms with Gasteiger partial charge >= 0.3 is 5.97 Å². The van der Waals surface area contributed by atoms with Crippen LogP contribution < -0.4 is 0 Å². The van der Waals surface area contributed by atoms with Crippen molar-refractivity contribution in [1.29, 1.82) is 0 Å². The van der Waals surface area contributed by atoms with Gasteiger partial charge in [0, 0.05) is 0 Å². The molecule has 174 valence electrons. The lowest BCUT2D eigenvalue weighted by Gasteiger charge is -2.17. The fourth-order valence-corrected chi connectivity index (χ4v) is 3.76. The van der Waals surface area contributed by atoms with Crippen molar-refractivity contribution in [2.24, 2.45) is 5.92 Å². The highest BCUT2D eigenvalue weighted by Gasteiger charge is 2.20. The van der Waals surface area contributed by atoms with Gasteiger partial charge in [-0.3, -0.25) is 4.79 Å². The van der Waals surface area contributed by atoms with Gasteiger partial charge < -0.3 is 14.9 Å². The van der Waals surface area contributed by atoms with Crippen LogP contribution in [0.1, 0.15) is 129 Å². The molecule has 2 N–H and O–H groups in total. The van der Waals surface area contributed by atoms with Crippen LogP contribution in [-0.4, -0.2) is 35.5 Å². The maximum atomic E-state index is 12.2. The highest BCUT2D eigenvalue weighted by molar-refractivity contribution is 5.72. The lowest BCUT2D eigenvalue weighted by Crippen LogP contribution is -2.25. The third-order valence-electron chi connectivity index (χ3n) is 5.77. The third-order valence-corrected chi connectivity index (χ3v) is 5.77. The Morgan fingerprint density at radius 3 is 1.55 bits per heavy atom. The number of hydrogen-bond donors (Lipinski definition) is 2. The Morgan fingerprint density at radius 2 is 1.10 bits per heavy atom. The van der Waals surface area contributed by atoms with Crippen LogP contribution >= 0.6 is 0 Å². The minimum Gasteiger partial charge on any atom is -0.463 e. The molecule has 0 saturated heterocycles. The fraction of sp³-hybridized carbons (Fsp3) is 0.960. The molecule has 0 bridgehead atoms. The van der Waals surface area contributed by atoms with Crippen LogP contribution in [-0.2, 0) is 9.53 Å². The summed E-state index contributed by atoms with van der Waals surface area (Å²) in [6.45, 7) is 3.93. The molecule has 0 saturated carbocycles. The number of aliphatic hydroxyl groups excluding tert-OH is 2. The van der Waals surface area contributed by atoms with Crippen molar-refractivity contribution < 1.29 is 19.7 Å². The molecular formula is C25H50O4. The van der Waals surface area contributed by atoms with Crippen LogP contribution in [0.2, 0.25) is 0 Å². The van der Waals surface area contributed by atoms with Crippen LogP contribution in [0.5, 0.6) is 0 Å². The van der Waals surface area contributed by atoms with Gasteiger partial charge in [0.2, 0.25) is 0 Å². The summed E-state index contributed by atoms with van der Waals surface area (Å²) in [5, 5.41) is 18.2. The van der Waals surface area contributed by atoms with Crippen molar-refractivity contribution in [2.45, 2.75) is 136 Å². The van der Waals surface area contributed by atoms with Gasteiger partial charge in [-0.05, 0) is 12.8 Å². The minimum absolute atomic E-state index is 0.0573. The van der Waals surface area contributed by atoms with Crippen LogP contribution in [0.15, 0.2) is 0 Å². The Hall–Kier alpha value is -0.610. The third kappa shape index (κ3) is 19.1. The Morgan fingerprint density at radius 1 is 0.690 bits per heavy atom. The van der Waals surface area contributed by atoms with Crippen molar-refractivity contribution in [3.63, 3.8) is 0 Å². The highest BCUT2D eigenvalue weighted by atomic mass is 16.5. The van der Waals surface area contributed by atoms with Crippen molar-refractivity contribution in [1.82, 2.24) is 0 Å². The molecule has 0 amide bonds. The van der Waals surface area contributed by atoms with Gasteiger partial charge in [0.15, 0.2) is 0 Å². The molecule has 0 aliphatic carbocycles. The number of unbranched alkanes of at least 4 members (excludes halogenated alkanes) is 14. The second kappa shape index (κ2) is 22.1. The molecule has 0 aliphatic heterocycles. The quantitative estimate of drug-likeness (QED) is 0.155. The topological polar surface area (TPSA) is 66.8 Å². The number of esters is 1. The molecule has 0 aromatic rings. The zero-order valence-corrected chi connectivity index (χ0v) is 19.5. The average molecular weight is 415 g/mol. The van der Waals surface area contributed by atoms with Gasteiger partial charge in [-0.2, -0.15) is 0 Å². The van der Waals surface area contributed by atoms with E-state index in [1.165, 1.54) is 83.5 Å². The average Bonchev–Trinajstić information content (AvgIpc) is 2.73. The van der Waals surface area contributed by atoms with Gasteiger partial charge in [0.05, 0.1) is 12.5 Å². The standard InChI is InChI=1S/C25H50O4/c1-3-5-7-8-9-10-11-12-13-14-15-16-17-18-20-23(19-6-4-2)25(28)29-22-24(27)21-26/h23-24,26-27H,3-22H2,1-2H3. The first-order valence-electron chi connectivity index (χ1n) is 12.6. The summed E-state index contributed by atoms with van der Waals surface area (Å²) in [6.07, 6.45) is 21.6. The van der Waals surface area contributed by atoms with Crippen LogP contribution in [0, 0.1) is 5.92 Å². The molecular weight excluding hydrogens is 364 g/mol. The lowest BCUT2D eigenvalue weighted by molar-refractivity contribution is -0.152. The zero-order chi connectivity index (χ0) is 21.6. The molecule has 2 unspecified atom stereocenters. The molecule has 0 spiro atoms. The Balaban J connectivity index is 3.63. The number of ether oxygens (including phenoxy) is 1. The first-order valence-corrected chi connectivity index (χ1v) is 12.6. The van der Waals surface area contributed by atoms with E-state index in [2.05, 4.69) is 13.8 Å². The number of carbonyl (C=O) groups is 1. The second-order valence-electron chi connectivity index (χ2n) is 8.69. The van der Waals surface area contributed by atoms with Crippen LogP contribution in [0.4, 0.5) is 0 Å². The molecule has 2 atom stereocenters. The maximum absolute atomic E-state index is 12.2. The summed E-state index contributed by atoms with van der Waals surface area (Å²) in [5.74, 6) is -0.265. The molecule has 0 aromatic carbocycles. The number of carbonyl (C=O) groups excluding carboxylic acids is 1. The number of rotatable bonds is 22. The molecule has 0 aliphatic rings.